The van der Waals surface area contributed by atoms with Gasteiger partial charge in [0, 0.05) is 44.0 Å². The number of carbonyl (C=O) groups excluding carboxylic acids is 1. The highest BCUT2D eigenvalue weighted by molar-refractivity contribution is 7.89. The number of nitrogens with zero attached hydrogens (tertiary/aromatic N) is 2. The van der Waals surface area contributed by atoms with Gasteiger partial charge in [0.25, 0.3) is 5.91 Å². The third-order valence-electron chi connectivity index (χ3n) is 4.56. The summed E-state index contributed by atoms with van der Waals surface area (Å²) in [6.45, 7) is 6.92. The van der Waals surface area contributed by atoms with Gasteiger partial charge in [-0.2, -0.15) is 4.31 Å². The number of rotatable bonds is 9. The zero-order valence-corrected chi connectivity index (χ0v) is 17.7. The highest BCUT2D eigenvalue weighted by Gasteiger charge is 2.22. The predicted molar refractivity (Wildman–Crippen MR) is 113 cm³/mol. The van der Waals surface area contributed by atoms with E-state index in [0.717, 1.165) is 5.69 Å². The van der Waals surface area contributed by atoms with Gasteiger partial charge in [0.05, 0.1) is 4.90 Å². The maximum absolute atomic E-state index is 12.7. The molecular formula is C21H29N3O3S. The van der Waals surface area contributed by atoms with E-state index in [1.54, 1.807) is 26.0 Å². The molecular weight excluding hydrogens is 374 g/mol. The summed E-state index contributed by atoms with van der Waals surface area (Å²) < 4.78 is 26.7. The minimum Gasteiger partial charge on any atom is -0.373 e. The smallest absolute Gasteiger partial charge is 0.251 e. The van der Waals surface area contributed by atoms with Crippen molar-refractivity contribution in [1.82, 2.24) is 9.62 Å². The molecule has 0 bridgehead atoms. The molecule has 6 nitrogen and oxygen atoms in total. The quantitative estimate of drug-likeness (QED) is 0.699. The van der Waals surface area contributed by atoms with Crippen LogP contribution in [0.25, 0.3) is 0 Å². The molecule has 1 unspecified atom stereocenters. The summed E-state index contributed by atoms with van der Waals surface area (Å²) in [5.41, 5.74) is 1.40. The molecule has 0 heterocycles. The topological polar surface area (TPSA) is 69.7 Å². The SMILES string of the molecule is CCN(CC)S(=O)(=O)c1cccc(C(=O)NC(C)CN(C)c2ccccc2)c1. The Bertz CT molecular complexity index is 881. The Balaban J connectivity index is 2.08. The van der Waals surface area contributed by atoms with Gasteiger partial charge in [-0.05, 0) is 37.3 Å². The zero-order valence-electron chi connectivity index (χ0n) is 16.9. The van der Waals surface area contributed by atoms with Gasteiger partial charge in [0.1, 0.15) is 0 Å². The van der Waals surface area contributed by atoms with Crippen molar-refractivity contribution in [1.29, 1.82) is 0 Å². The van der Waals surface area contributed by atoms with Crippen molar-refractivity contribution >= 4 is 21.6 Å². The summed E-state index contributed by atoms with van der Waals surface area (Å²) in [6.07, 6.45) is 0. The molecule has 0 aliphatic carbocycles. The first-order valence-electron chi connectivity index (χ1n) is 9.46. The maximum Gasteiger partial charge on any atom is 0.251 e. The molecule has 2 aromatic rings. The first kappa shape index (κ1) is 21.9. The fourth-order valence-electron chi connectivity index (χ4n) is 3.06. The standard InChI is InChI=1S/C21H29N3O3S/c1-5-24(6-2)28(26,27)20-14-10-11-18(15-20)21(25)22-17(3)16-23(4)19-12-8-7-9-13-19/h7-15,17H,5-6,16H2,1-4H3,(H,22,25). The number of sulfonamides is 1. The molecule has 0 fully saturated rings. The second-order valence-corrected chi connectivity index (χ2v) is 8.65. The first-order valence-corrected chi connectivity index (χ1v) is 10.9. The summed E-state index contributed by atoms with van der Waals surface area (Å²) in [4.78, 5) is 14.8. The number of para-hydroxylation sites is 1. The molecule has 0 spiro atoms. The Morgan fingerprint density at radius 1 is 1.04 bits per heavy atom. The van der Waals surface area contributed by atoms with Gasteiger partial charge in [-0.15, -0.1) is 0 Å². The van der Waals surface area contributed by atoms with E-state index in [2.05, 4.69) is 10.2 Å². The molecule has 0 saturated heterocycles. The van der Waals surface area contributed by atoms with Crippen molar-refractivity contribution < 1.29 is 13.2 Å². The van der Waals surface area contributed by atoms with E-state index in [1.807, 2.05) is 44.3 Å². The molecule has 28 heavy (non-hydrogen) atoms. The van der Waals surface area contributed by atoms with Crippen LogP contribution in [0.4, 0.5) is 5.69 Å². The molecule has 0 aliphatic rings. The maximum atomic E-state index is 12.7. The number of likely N-dealkylation sites (N-methyl/N-ethyl adjacent to an activating group) is 1. The lowest BCUT2D eigenvalue weighted by Crippen LogP contribution is -2.40. The van der Waals surface area contributed by atoms with Crippen molar-refractivity contribution in [3.05, 3.63) is 60.2 Å². The van der Waals surface area contributed by atoms with Crippen LogP contribution < -0.4 is 10.2 Å². The number of carbonyl (C=O) groups is 1. The van der Waals surface area contributed by atoms with Crippen LogP contribution in [0.3, 0.4) is 0 Å². The van der Waals surface area contributed by atoms with Crippen LogP contribution in [-0.4, -0.2) is 51.4 Å². The van der Waals surface area contributed by atoms with Crippen LogP contribution in [0.15, 0.2) is 59.5 Å². The second-order valence-electron chi connectivity index (χ2n) is 6.71. The lowest BCUT2D eigenvalue weighted by atomic mass is 10.2. The monoisotopic (exact) mass is 403 g/mol. The highest BCUT2D eigenvalue weighted by atomic mass is 32.2. The van der Waals surface area contributed by atoms with Crippen LogP contribution >= 0.6 is 0 Å². The van der Waals surface area contributed by atoms with E-state index in [-0.39, 0.29) is 16.8 Å². The fourth-order valence-corrected chi connectivity index (χ4v) is 4.57. The number of amides is 1. The minimum absolute atomic E-state index is 0.110. The van der Waals surface area contributed by atoms with E-state index in [0.29, 0.717) is 25.2 Å². The van der Waals surface area contributed by atoms with Gasteiger partial charge >= 0.3 is 0 Å². The van der Waals surface area contributed by atoms with Gasteiger partial charge in [-0.1, -0.05) is 38.1 Å². The highest BCUT2D eigenvalue weighted by Crippen LogP contribution is 2.17. The normalized spacial score (nSPS) is 12.6. The van der Waals surface area contributed by atoms with E-state index in [9.17, 15) is 13.2 Å². The molecule has 1 N–H and O–H groups in total. The Morgan fingerprint density at radius 3 is 2.29 bits per heavy atom. The van der Waals surface area contributed by atoms with Crippen LogP contribution in [0.1, 0.15) is 31.1 Å². The lowest BCUT2D eigenvalue weighted by Gasteiger charge is -2.24. The van der Waals surface area contributed by atoms with E-state index in [4.69, 9.17) is 0 Å². The average Bonchev–Trinajstić information content (AvgIpc) is 2.69. The van der Waals surface area contributed by atoms with Gasteiger partial charge in [0.2, 0.25) is 10.0 Å². The molecule has 0 radical (unpaired) electrons. The number of hydrogen-bond donors (Lipinski definition) is 1. The van der Waals surface area contributed by atoms with Crippen molar-refractivity contribution in [2.24, 2.45) is 0 Å². The predicted octanol–water partition coefficient (Wildman–Crippen LogP) is 2.97. The van der Waals surface area contributed by atoms with Gasteiger partial charge in [0.15, 0.2) is 0 Å². The van der Waals surface area contributed by atoms with Gasteiger partial charge < -0.3 is 10.2 Å². The van der Waals surface area contributed by atoms with Gasteiger partial charge in [-0.3, -0.25) is 4.79 Å². The molecule has 0 aliphatic heterocycles. The van der Waals surface area contributed by atoms with E-state index < -0.39 is 10.0 Å². The number of hydrogen-bond acceptors (Lipinski definition) is 4. The summed E-state index contributed by atoms with van der Waals surface area (Å²) in [5, 5.41) is 2.94. The van der Waals surface area contributed by atoms with Crippen LogP contribution in [0.5, 0.6) is 0 Å². The summed E-state index contributed by atoms with van der Waals surface area (Å²) in [7, 11) is -1.63. The molecule has 7 heteroatoms. The van der Waals surface area contributed by atoms with Crippen molar-refractivity contribution in [3.63, 3.8) is 0 Å². The number of benzene rings is 2. The van der Waals surface area contributed by atoms with Gasteiger partial charge in [-0.25, -0.2) is 8.42 Å². The Kier molecular flexibility index (Phi) is 7.60. The van der Waals surface area contributed by atoms with E-state index in [1.165, 1.54) is 16.4 Å². The molecule has 2 aromatic carbocycles. The summed E-state index contributed by atoms with van der Waals surface area (Å²) in [6, 6.07) is 16.0. The first-order chi connectivity index (χ1) is 13.3. The van der Waals surface area contributed by atoms with Crippen LogP contribution in [-0.2, 0) is 10.0 Å². The third kappa shape index (κ3) is 5.33. The van der Waals surface area contributed by atoms with Crippen molar-refractivity contribution in [3.8, 4) is 0 Å². The second kappa shape index (κ2) is 9.71. The molecule has 0 saturated carbocycles. The van der Waals surface area contributed by atoms with Crippen LogP contribution in [0.2, 0.25) is 0 Å². The molecule has 2 rings (SSSR count). The lowest BCUT2D eigenvalue weighted by molar-refractivity contribution is 0.0941. The largest absolute Gasteiger partial charge is 0.373 e. The average molecular weight is 404 g/mol. The zero-order chi connectivity index (χ0) is 20.7. The molecule has 1 amide bonds. The summed E-state index contributed by atoms with van der Waals surface area (Å²) >= 11 is 0. The minimum atomic E-state index is -3.60. The third-order valence-corrected chi connectivity index (χ3v) is 6.61. The van der Waals surface area contributed by atoms with Crippen molar-refractivity contribution in [2.75, 3.05) is 31.6 Å². The van der Waals surface area contributed by atoms with Crippen LogP contribution in [0, 0.1) is 0 Å². The Morgan fingerprint density at radius 2 is 1.68 bits per heavy atom. The molecule has 1 atom stereocenters. The number of anilines is 1. The van der Waals surface area contributed by atoms with Crippen molar-refractivity contribution in [2.45, 2.75) is 31.7 Å². The Hall–Kier alpha value is -2.38. The molecule has 152 valence electrons. The fraction of sp³-hybridized carbons (Fsp3) is 0.381. The van der Waals surface area contributed by atoms with E-state index >= 15 is 0 Å². The Labute approximate surface area is 168 Å². The molecule has 0 aromatic heterocycles. The number of nitrogens with one attached hydrogen (secondary N) is 1. The summed E-state index contributed by atoms with van der Waals surface area (Å²) in [5.74, 6) is -0.287.